The molecule has 0 unspecified atom stereocenters. The van der Waals surface area contributed by atoms with Gasteiger partial charge in [-0.1, -0.05) is 19.9 Å². The second kappa shape index (κ2) is 8.68. The summed E-state index contributed by atoms with van der Waals surface area (Å²) in [6.07, 6.45) is 4.79. The van der Waals surface area contributed by atoms with Crippen molar-refractivity contribution in [3.63, 3.8) is 0 Å². The Bertz CT molecular complexity index is 1220. The van der Waals surface area contributed by atoms with Crippen LogP contribution in [0.4, 0.5) is 5.69 Å². The van der Waals surface area contributed by atoms with E-state index in [4.69, 9.17) is 0 Å². The van der Waals surface area contributed by atoms with E-state index in [1.54, 1.807) is 32.9 Å². The number of anilines is 1. The molecule has 0 fully saturated rings. The van der Waals surface area contributed by atoms with E-state index in [2.05, 4.69) is 25.8 Å². The SMILES string of the molecule is CCn1cc(NC(=O)c2cnn3c(-c4cccs4)ccnc23)c(C(=O)NCC(C)C)n1. The van der Waals surface area contributed by atoms with Crippen LogP contribution in [0.25, 0.3) is 16.2 Å². The topological polar surface area (TPSA) is 106 Å². The van der Waals surface area contributed by atoms with Gasteiger partial charge in [0.15, 0.2) is 11.3 Å². The molecule has 4 aromatic heterocycles. The Morgan fingerprint density at radius 2 is 2.06 bits per heavy atom. The maximum absolute atomic E-state index is 13.1. The van der Waals surface area contributed by atoms with Gasteiger partial charge in [0.25, 0.3) is 11.8 Å². The first kappa shape index (κ1) is 20.7. The molecule has 0 saturated heterocycles. The summed E-state index contributed by atoms with van der Waals surface area (Å²) in [5.74, 6) is -0.425. The lowest BCUT2D eigenvalue weighted by molar-refractivity contribution is 0.0944. The van der Waals surface area contributed by atoms with Crippen molar-refractivity contribution in [2.75, 3.05) is 11.9 Å². The molecule has 0 aliphatic heterocycles. The van der Waals surface area contributed by atoms with Gasteiger partial charge >= 0.3 is 0 Å². The van der Waals surface area contributed by atoms with E-state index >= 15 is 0 Å². The molecule has 2 amide bonds. The molecule has 0 aliphatic rings. The quantitative estimate of drug-likeness (QED) is 0.461. The van der Waals surface area contributed by atoms with Gasteiger partial charge in [0.2, 0.25) is 0 Å². The number of thiophene rings is 1. The van der Waals surface area contributed by atoms with E-state index in [1.807, 2.05) is 44.4 Å². The molecule has 4 rings (SSSR count). The van der Waals surface area contributed by atoms with Gasteiger partial charge in [-0.3, -0.25) is 14.3 Å². The lowest BCUT2D eigenvalue weighted by Crippen LogP contribution is -2.28. The van der Waals surface area contributed by atoms with Crippen molar-refractivity contribution < 1.29 is 9.59 Å². The molecule has 0 aromatic carbocycles. The zero-order valence-electron chi connectivity index (χ0n) is 17.5. The van der Waals surface area contributed by atoms with Crippen molar-refractivity contribution >= 4 is 34.5 Å². The number of aryl methyl sites for hydroxylation is 1. The molecule has 4 aromatic rings. The summed E-state index contributed by atoms with van der Waals surface area (Å²) in [4.78, 5) is 31.0. The number of rotatable bonds is 7. The van der Waals surface area contributed by atoms with Crippen LogP contribution in [0, 0.1) is 5.92 Å². The molecule has 2 N–H and O–H groups in total. The largest absolute Gasteiger partial charge is 0.350 e. The number of aromatic nitrogens is 5. The fraction of sp³-hybridized carbons (Fsp3) is 0.286. The maximum Gasteiger partial charge on any atom is 0.273 e. The number of carbonyl (C=O) groups excluding carboxylic acids is 2. The Balaban J connectivity index is 1.63. The zero-order chi connectivity index (χ0) is 22.0. The average molecular weight is 438 g/mol. The highest BCUT2D eigenvalue weighted by Crippen LogP contribution is 2.25. The molecule has 4 heterocycles. The van der Waals surface area contributed by atoms with Crippen LogP contribution in [0.5, 0.6) is 0 Å². The summed E-state index contributed by atoms with van der Waals surface area (Å²) in [7, 11) is 0. The molecule has 0 bridgehead atoms. The Morgan fingerprint density at radius 1 is 1.23 bits per heavy atom. The van der Waals surface area contributed by atoms with Crippen molar-refractivity contribution in [2.45, 2.75) is 27.3 Å². The van der Waals surface area contributed by atoms with Gasteiger partial charge < -0.3 is 10.6 Å². The fourth-order valence-electron chi connectivity index (χ4n) is 3.08. The van der Waals surface area contributed by atoms with Gasteiger partial charge in [0.05, 0.1) is 22.5 Å². The Labute approximate surface area is 183 Å². The van der Waals surface area contributed by atoms with Crippen LogP contribution in [-0.2, 0) is 6.54 Å². The minimum absolute atomic E-state index is 0.180. The average Bonchev–Trinajstić information content (AvgIpc) is 3.50. The first-order valence-corrected chi connectivity index (χ1v) is 10.9. The Morgan fingerprint density at radius 3 is 2.77 bits per heavy atom. The molecule has 0 saturated carbocycles. The van der Waals surface area contributed by atoms with Gasteiger partial charge in [-0.25, -0.2) is 9.50 Å². The third-order valence-electron chi connectivity index (χ3n) is 4.64. The highest BCUT2D eigenvalue weighted by Gasteiger charge is 2.22. The minimum atomic E-state index is -0.403. The lowest BCUT2D eigenvalue weighted by atomic mass is 10.2. The van der Waals surface area contributed by atoms with Gasteiger partial charge in [0, 0.05) is 25.5 Å². The molecule has 10 heteroatoms. The highest BCUT2D eigenvalue weighted by molar-refractivity contribution is 7.13. The standard InChI is InChI=1S/C21H23N7O2S/c1-4-27-12-15(18(26-27)21(30)23-10-13(2)3)25-20(29)14-11-24-28-16(7-8-22-19(14)28)17-6-5-9-31-17/h5-9,11-13H,4,10H2,1-3H3,(H,23,30)(H,25,29). The number of fused-ring (bicyclic) bond motifs is 1. The van der Waals surface area contributed by atoms with Gasteiger partial charge in [-0.15, -0.1) is 11.3 Å². The van der Waals surface area contributed by atoms with Crippen molar-refractivity contribution in [3.05, 3.63) is 53.4 Å². The summed E-state index contributed by atoms with van der Waals surface area (Å²) >= 11 is 1.58. The fourth-order valence-corrected chi connectivity index (χ4v) is 3.81. The number of amides is 2. The zero-order valence-corrected chi connectivity index (χ0v) is 18.3. The number of hydrogen-bond acceptors (Lipinski definition) is 6. The number of nitrogens with zero attached hydrogens (tertiary/aromatic N) is 5. The molecule has 0 aliphatic carbocycles. The second-order valence-corrected chi connectivity index (χ2v) is 8.35. The number of hydrogen-bond donors (Lipinski definition) is 2. The van der Waals surface area contributed by atoms with Crippen LogP contribution in [0.2, 0.25) is 0 Å². The van der Waals surface area contributed by atoms with E-state index in [-0.39, 0.29) is 11.6 Å². The van der Waals surface area contributed by atoms with Crippen LogP contribution in [0.3, 0.4) is 0 Å². The third kappa shape index (κ3) is 4.19. The van der Waals surface area contributed by atoms with E-state index in [9.17, 15) is 9.59 Å². The van der Waals surface area contributed by atoms with Crippen LogP contribution in [-0.4, -0.2) is 42.7 Å². The predicted molar refractivity (Wildman–Crippen MR) is 119 cm³/mol. The Hall–Kier alpha value is -3.53. The van der Waals surface area contributed by atoms with Crippen LogP contribution in [0.15, 0.2) is 42.2 Å². The van der Waals surface area contributed by atoms with Crippen molar-refractivity contribution in [3.8, 4) is 10.6 Å². The molecular weight excluding hydrogens is 414 g/mol. The Kier molecular flexibility index (Phi) is 5.81. The molecular formula is C21H23N7O2S. The smallest absolute Gasteiger partial charge is 0.273 e. The molecule has 31 heavy (non-hydrogen) atoms. The first-order valence-electron chi connectivity index (χ1n) is 10.0. The van der Waals surface area contributed by atoms with E-state index in [0.717, 1.165) is 10.6 Å². The van der Waals surface area contributed by atoms with Crippen LogP contribution in [0.1, 0.15) is 41.6 Å². The highest BCUT2D eigenvalue weighted by atomic mass is 32.1. The summed E-state index contributed by atoms with van der Waals surface area (Å²) < 4.78 is 3.26. The lowest BCUT2D eigenvalue weighted by Gasteiger charge is -2.08. The van der Waals surface area contributed by atoms with Gasteiger partial charge in [0.1, 0.15) is 5.56 Å². The summed E-state index contributed by atoms with van der Waals surface area (Å²) in [5, 5.41) is 16.3. The minimum Gasteiger partial charge on any atom is -0.350 e. The molecule has 0 atom stereocenters. The summed E-state index contributed by atoms with van der Waals surface area (Å²) in [6, 6.07) is 5.80. The molecule has 160 valence electrons. The maximum atomic E-state index is 13.1. The second-order valence-electron chi connectivity index (χ2n) is 7.41. The molecule has 9 nitrogen and oxygen atoms in total. The summed E-state index contributed by atoms with van der Waals surface area (Å²) in [5.41, 5.74) is 2.14. The van der Waals surface area contributed by atoms with Crippen LogP contribution < -0.4 is 10.6 Å². The van der Waals surface area contributed by atoms with Crippen LogP contribution >= 0.6 is 11.3 Å². The number of nitrogens with one attached hydrogen (secondary N) is 2. The monoisotopic (exact) mass is 437 g/mol. The number of carbonyl (C=O) groups is 2. The van der Waals surface area contributed by atoms with Crippen molar-refractivity contribution in [1.29, 1.82) is 0 Å². The van der Waals surface area contributed by atoms with E-state index < -0.39 is 5.91 Å². The first-order chi connectivity index (χ1) is 15.0. The predicted octanol–water partition coefficient (Wildman–Crippen LogP) is 3.31. The third-order valence-corrected chi connectivity index (χ3v) is 5.53. The molecule has 0 spiro atoms. The van der Waals surface area contributed by atoms with Crippen molar-refractivity contribution in [1.82, 2.24) is 29.7 Å². The van der Waals surface area contributed by atoms with Crippen molar-refractivity contribution in [2.24, 2.45) is 5.92 Å². The summed E-state index contributed by atoms with van der Waals surface area (Å²) in [6.45, 7) is 7.03. The normalized spacial score (nSPS) is 11.2. The van der Waals surface area contributed by atoms with E-state index in [1.165, 1.54) is 6.20 Å². The van der Waals surface area contributed by atoms with E-state index in [0.29, 0.717) is 35.9 Å². The molecule has 0 radical (unpaired) electrons. The van der Waals surface area contributed by atoms with Gasteiger partial charge in [-0.2, -0.15) is 10.2 Å². The van der Waals surface area contributed by atoms with Gasteiger partial charge in [-0.05, 0) is 30.4 Å².